The van der Waals surface area contributed by atoms with Crippen LogP contribution in [0.25, 0.3) is 0 Å². The molecule has 3 rings (SSSR count). The summed E-state index contributed by atoms with van der Waals surface area (Å²) in [7, 11) is 0. The summed E-state index contributed by atoms with van der Waals surface area (Å²) in [5.74, 6) is 0.733. The minimum atomic E-state index is -0.596. The maximum Gasteiger partial charge on any atom is 0.268 e. The number of amides is 1. The van der Waals surface area contributed by atoms with Crippen molar-refractivity contribution in [3.05, 3.63) is 66.2 Å². The fourth-order valence-corrected chi connectivity index (χ4v) is 2.58. The van der Waals surface area contributed by atoms with Gasteiger partial charge in [-0.25, -0.2) is 0 Å². The third kappa shape index (κ3) is 3.46. The van der Waals surface area contributed by atoms with Gasteiger partial charge in [-0.1, -0.05) is 48.5 Å². The predicted octanol–water partition coefficient (Wildman–Crippen LogP) is 2.24. The Hall–Kier alpha value is -2.33. The molecular weight excluding hydrogens is 276 g/mol. The molecule has 0 bridgehead atoms. The molecule has 1 amide bonds. The Labute approximate surface area is 130 Å². The highest BCUT2D eigenvalue weighted by Gasteiger charge is 2.28. The van der Waals surface area contributed by atoms with Crippen molar-refractivity contribution < 1.29 is 9.53 Å². The van der Waals surface area contributed by atoms with Crippen LogP contribution in [0.2, 0.25) is 0 Å². The van der Waals surface area contributed by atoms with Crippen molar-refractivity contribution >= 4 is 5.91 Å². The molecule has 0 saturated carbocycles. The molecule has 4 nitrogen and oxygen atoms in total. The smallest absolute Gasteiger partial charge is 0.268 e. The third-order valence-corrected chi connectivity index (χ3v) is 3.75. The van der Waals surface area contributed by atoms with Crippen LogP contribution < -0.4 is 10.1 Å². The lowest BCUT2D eigenvalue weighted by Gasteiger charge is -2.31. The second kappa shape index (κ2) is 7.09. The maximum absolute atomic E-state index is 12.9. The summed E-state index contributed by atoms with van der Waals surface area (Å²) < 4.78 is 6.00. The standard InChI is InChI=1S/C18H20N2O2/c21-18(20-13-11-19-12-14-20)17(15-7-3-1-4-8-15)22-16-9-5-2-6-10-16/h1-10,17,19H,11-14H2. The van der Waals surface area contributed by atoms with Gasteiger partial charge >= 0.3 is 0 Å². The van der Waals surface area contributed by atoms with Crippen LogP contribution in [0.15, 0.2) is 60.7 Å². The average Bonchev–Trinajstić information content (AvgIpc) is 2.61. The van der Waals surface area contributed by atoms with Crippen LogP contribution in [0.4, 0.5) is 0 Å². The molecule has 1 atom stereocenters. The normalized spacial score (nSPS) is 16.1. The first-order valence-corrected chi connectivity index (χ1v) is 7.61. The number of carbonyl (C=O) groups is 1. The number of para-hydroxylation sites is 1. The molecule has 1 heterocycles. The Bertz CT molecular complexity index is 595. The highest BCUT2D eigenvalue weighted by molar-refractivity contribution is 5.82. The van der Waals surface area contributed by atoms with Gasteiger partial charge in [0.2, 0.25) is 6.10 Å². The highest BCUT2D eigenvalue weighted by atomic mass is 16.5. The minimum absolute atomic E-state index is 0.0246. The topological polar surface area (TPSA) is 41.6 Å². The van der Waals surface area contributed by atoms with Gasteiger partial charge in [-0.3, -0.25) is 4.79 Å². The van der Waals surface area contributed by atoms with E-state index in [9.17, 15) is 4.79 Å². The number of carbonyl (C=O) groups excluding carboxylic acids is 1. The van der Waals surface area contributed by atoms with Crippen LogP contribution in [0.3, 0.4) is 0 Å². The molecule has 22 heavy (non-hydrogen) atoms. The molecule has 1 saturated heterocycles. The van der Waals surface area contributed by atoms with Crippen LogP contribution in [0, 0.1) is 0 Å². The van der Waals surface area contributed by atoms with Crippen molar-refractivity contribution in [3.8, 4) is 5.75 Å². The Morgan fingerprint density at radius 1 is 0.955 bits per heavy atom. The summed E-state index contributed by atoms with van der Waals surface area (Å²) in [4.78, 5) is 14.7. The SMILES string of the molecule is O=C(C(Oc1ccccc1)c1ccccc1)N1CCNCC1. The molecule has 2 aromatic rings. The third-order valence-electron chi connectivity index (χ3n) is 3.75. The summed E-state index contributed by atoms with van der Waals surface area (Å²) in [6, 6.07) is 19.2. The van der Waals surface area contributed by atoms with Crippen molar-refractivity contribution in [2.45, 2.75) is 6.10 Å². The summed E-state index contributed by atoms with van der Waals surface area (Å²) in [5, 5.41) is 3.26. The molecule has 2 aromatic carbocycles. The summed E-state index contributed by atoms with van der Waals surface area (Å²) in [6.07, 6.45) is -0.596. The molecule has 1 fully saturated rings. The molecule has 0 aromatic heterocycles. The van der Waals surface area contributed by atoms with Gasteiger partial charge in [0.05, 0.1) is 0 Å². The first-order chi connectivity index (χ1) is 10.8. The molecule has 4 heteroatoms. The Kier molecular flexibility index (Phi) is 4.71. The molecule has 1 aliphatic heterocycles. The summed E-state index contributed by atoms with van der Waals surface area (Å²) in [6.45, 7) is 3.11. The van der Waals surface area contributed by atoms with Crippen molar-refractivity contribution in [1.29, 1.82) is 0 Å². The lowest BCUT2D eigenvalue weighted by Crippen LogP contribution is -2.48. The fourth-order valence-electron chi connectivity index (χ4n) is 2.58. The van der Waals surface area contributed by atoms with Crippen LogP contribution in [-0.2, 0) is 4.79 Å². The van der Waals surface area contributed by atoms with E-state index in [0.29, 0.717) is 5.75 Å². The van der Waals surface area contributed by atoms with Gasteiger partial charge < -0.3 is 15.0 Å². The monoisotopic (exact) mass is 296 g/mol. The average molecular weight is 296 g/mol. The van der Waals surface area contributed by atoms with Gasteiger partial charge in [-0.05, 0) is 12.1 Å². The minimum Gasteiger partial charge on any atom is -0.476 e. The van der Waals surface area contributed by atoms with E-state index in [-0.39, 0.29) is 5.91 Å². The van der Waals surface area contributed by atoms with Gasteiger partial charge in [-0.2, -0.15) is 0 Å². The number of nitrogens with one attached hydrogen (secondary N) is 1. The van der Waals surface area contributed by atoms with Gasteiger partial charge in [0, 0.05) is 31.7 Å². The van der Waals surface area contributed by atoms with Crippen molar-refractivity contribution in [2.24, 2.45) is 0 Å². The van der Waals surface area contributed by atoms with E-state index < -0.39 is 6.10 Å². The second-order valence-corrected chi connectivity index (χ2v) is 5.30. The number of rotatable bonds is 4. The van der Waals surface area contributed by atoms with E-state index in [1.54, 1.807) is 0 Å². The number of piperazine rings is 1. The molecule has 0 aliphatic carbocycles. The summed E-state index contributed by atoms with van der Waals surface area (Å²) in [5.41, 5.74) is 0.884. The van der Waals surface area contributed by atoms with Crippen molar-refractivity contribution in [2.75, 3.05) is 26.2 Å². The second-order valence-electron chi connectivity index (χ2n) is 5.30. The first-order valence-electron chi connectivity index (χ1n) is 7.61. The van der Waals surface area contributed by atoms with Crippen LogP contribution in [0.5, 0.6) is 5.75 Å². The van der Waals surface area contributed by atoms with Gasteiger partial charge in [0.15, 0.2) is 0 Å². The lowest BCUT2D eigenvalue weighted by atomic mass is 10.1. The molecule has 114 valence electrons. The predicted molar refractivity (Wildman–Crippen MR) is 85.7 cm³/mol. The molecular formula is C18H20N2O2. The largest absolute Gasteiger partial charge is 0.476 e. The van der Waals surface area contributed by atoms with Gasteiger partial charge in [0.1, 0.15) is 5.75 Å². The number of ether oxygens (including phenoxy) is 1. The van der Waals surface area contributed by atoms with Crippen LogP contribution >= 0.6 is 0 Å². The van der Waals surface area contributed by atoms with E-state index in [4.69, 9.17) is 4.74 Å². The summed E-state index contributed by atoms with van der Waals surface area (Å²) >= 11 is 0. The van der Waals surface area contributed by atoms with Crippen molar-refractivity contribution in [3.63, 3.8) is 0 Å². The fraction of sp³-hybridized carbons (Fsp3) is 0.278. The van der Waals surface area contributed by atoms with E-state index >= 15 is 0 Å². The number of benzene rings is 2. The van der Waals surface area contributed by atoms with E-state index in [1.165, 1.54) is 0 Å². The van der Waals surface area contributed by atoms with Crippen LogP contribution in [-0.4, -0.2) is 37.0 Å². The lowest BCUT2D eigenvalue weighted by molar-refractivity contribution is -0.139. The number of nitrogens with zero attached hydrogens (tertiary/aromatic N) is 1. The van der Waals surface area contributed by atoms with Crippen LogP contribution in [0.1, 0.15) is 11.7 Å². The van der Waals surface area contributed by atoms with Gasteiger partial charge in [0.25, 0.3) is 5.91 Å². The molecule has 0 spiro atoms. The molecule has 1 N–H and O–H groups in total. The van der Waals surface area contributed by atoms with E-state index in [0.717, 1.165) is 31.7 Å². The zero-order valence-electron chi connectivity index (χ0n) is 12.4. The Morgan fingerprint density at radius 3 is 2.18 bits per heavy atom. The zero-order chi connectivity index (χ0) is 15.2. The quantitative estimate of drug-likeness (QED) is 0.941. The van der Waals surface area contributed by atoms with Gasteiger partial charge in [-0.15, -0.1) is 0 Å². The van der Waals surface area contributed by atoms with E-state index in [1.807, 2.05) is 65.6 Å². The van der Waals surface area contributed by atoms with E-state index in [2.05, 4.69) is 5.32 Å². The molecule has 1 unspecified atom stereocenters. The Balaban J connectivity index is 1.84. The Morgan fingerprint density at radius 2 is 1.55 bits per heavy atom. The zero-order valence-corrected chi connectivity index (χ0v) is 12.4. The number of hydrogen-bond acceptors (Lipinski definition) is 3. The first kappa shape index (κ1) is 14.6. The number of hydrogen-bond donors (Lipinski definition) is 1. The molecule has 1 aliphatic rings. The van der Waals surface area contributed by atoms with Crippen molar-refractivity contribution in [1.82, 2.24) is 10.2 Å². The highest BCUT2D eigenvalue weighted by Crippen LogP contribution is 2.24. The maximum atomic E-state index is 12.9. The molecule has 0 radical (unpaired) electrons.